The molecule has 1 aliphatic heterocycles. The quantitative estimate of drug-likeness (QED) is 0.577. The molecule has 3 heterocycles. The number of aliphatic hydroxyl groups is 1. The summed E-state index contributed by atoms with van der Waals surface area (Å²) in [6.45, 7) is 1.39. The molecule has 0 atom stereocenters. The molecule has 2 aromatic heterocycles. The molecule has 34 heavy (non-hydrogen) atoms. The van der Waals surface area contributed by atoms with Gasteiger partial charge in [-0.05, 0) is 49.3 Å². The van der Waals surface area contributed by atoms with E-state index in [-0.39, 0.29) is 12.2 Å². The Balaban J connectivity index is 1.48. The Labute approximate surface area is 198 Å². The largest absolute Gasteiger partial charge is 0.474 e. The molecule has 1 saturated heterocycles. The highest BCUT2D eigenvalue weighted by molar-refractivity contribution is 5.92. The molecule has 0 unspecified atom stereocenters. The molecule has 2 aliphatic rings. The first kappa shape index (κ1) is 22.7. The first-order chi connectivity index (χ1) is 16.6. The number of carbonyl (C=O) groups excluding carboxylic acids is 1. The highest BCUT2D eigenvalue weighted by Gasteiger charge is 2.25. The number of rotatable bonds is 6. The van der Waals surface area contributed by atoms with Gasteiger partial charge in [0.15, 0.2) is 0 Å². The van der Waals surface area contributed by atoms with Gasteiger partial charge in [-0.25, -0.2) is 15.0 Å². The second kappa shape index (κ2) is 10.0. The summed E-state index contributed by atoms with van der Waals surface area (Å²) >= 11 is 0. The zero-order chi connectivity index (χ0) is 23.5. The van der Waals surface area contributed by atoms with Crippen LogP contribution in [-0.2, 0) is 11.2 Å². The van der Waals surface area contributed by atoms with Crippen molar-refractivity contribution in [2.75, 3.05) is 13.2 Å². The molecule has 1 aromatic carbocycles. The molecule has 3 aromatic rings. The summed E-state index contributed by atoms with van der Waals surface area (Å²) in [6, 6.07) is 7.20. The maximum atomic E-state index is 11.4. The maximum absolute atomic E-state index is 11.4. The lowest BCUT2D eigenvalue weighted by Gasteiger charge is -2.27. The van der Waals surface area contributed by atoms with Gasteiger partial charge < -0.3 is 20.3 Å². The van der Waals surface area contributed by atoms with Crippen LogP contribution in [0.3, 0.4) is 0 Å². The van der Waals surface area contributed by atoms with Crippen molar-refractivity contribution in [1.29, 1.82) is 0 Å². The van der Waals surface area contributed by atoms with E-state index < -0.39 is 5.91 Å². The zero-order valence-electron chi connectivity index (χ0n) is 19.2. The zero-order valence-corrected chi connectivity index (χ0v) is 19.2. The summed E-state index contributed by atoms with van der Waals surface area (Å²) in [5, 5.41) is 10.8. The van der Waals surface area contributed by atoms with Gasteiger partial charge in [-0.2, -0.15) is 0 Å². The van der Waals surface area contributed by atoms with E-state index >= 15 is 0 Å². The van der Waals surface area contributed by atoms with Crippen molar-refractivity contribution in [2.45, 2.75) is 63.1 Å². The Bertz CT molecular complexity index is 1150. The third-order valence-corrected chi connectivity index (χ3v) is 6.85. The molecule has 0 radical (unpaired) electrons. The van der Waals surface area contributed by atoms with E-state index in [1.807, 2.05) is 24.5 Å². The molecular weight excluding hydrogens is 432 g/mol. The Morgan fingerprint density at radius 3 is 2.47 bits per heavy atom. The fourth-order valence-corrected chi connectivity index (χ4v) is 4.84. The second-order valence-electron chi connectivity index (χ2n) is 9.24. The van der Waals surface area contributed by atoms with Crippen molar-refractivity contribution < 1.29 is 19.4 Å². The number of pyridine rings is 1. The van der Waals surface area contributed by atoms with E-state index in [2.05, 4.69) is 9.97 Å². The van der Waals surface area contributed by atoms with Crippen LogP contribution in [0.5, 0.6) is 5.88 Å². The van der Waals surface area contributed by atoms with Gasteiger partial charge in [-0.3, -0.25) is 4.79 Å². The smallest absolute Gasteiger partial charge is 0.248 e. The number of fused-ring (bicyclic) bond motifs is 1. The first-order valence-corrected chi connectivity index (χ1v) is 12.0. The lowest BCUT2D eigenvalue weighted by molar-refractivity contribution is 0.0244. The van der Waals surface area contributed by atoms with Gasteiger partial charge in [0.2, 0.25) is 11.8 Å². The number of carbonyl (C=O) groups is 1. The SMILES string of the molecule is NC(=O)c1ccc(Cc2ncc3c(OC4CCOCC4)ncc(C4CCC(O)CC4)c3n2)cc1. The summed E-state index contributed by atoms with van der Waals surface area (Å²) in [5.41, 5.74) is 8.79. The number of hydrogen-bond acceptors (Lipinski definition) is 7. The van der Waals surface area contributed by atoms with E-state index in [0.29, 0.717) is 42.8 Å². The molecule has 1 aliphatic carbocycles. The summed E-state index contributed by atoms with van der Waals surface area (Å²) in [5.74, 6) is 1.12. The minimum absolute atomic E-state index is 0.0728. The fourth-order valence-electron chi connectivity index (χ4n) is 4.84. The molecule has 8 heteroatoms. The van der Waals surface area contributed by atoms with E-state index in [1.165, 1.54) is 0 Å². The monoisotopic (exact) mass is 462 g/mol. The van der Waals surface area contributed by atoms with Gasteiger partial charge in [-0.1, -0.05) is 12.1 Å². The van der Waals surface area contributed by atoms with Crippen LogP contribution >= 0.6 is 0 Å². The van der Waals surface area contributed by atoms with Crippen LogP contribution in [0.15, 0.2) is 36.7 Å². The second-order valence-corrected chi connectivity index (χ2v) is 9.24. The number of aromatic nitrogens is 3. The number of hydrogen-bond donors (Lipinski definition) is 2. The summed E-state index contributed by atoms with van der Waals surface area (Å²) in [7, 11) is 0. The number of primary amides is 1. The number of ether oxygens (including phenoxy) is 2. The van der Waals surface area contributed by atoms with Crippen molar-refractivity contribution in [3.63, 3.8) is 0 Å². The molecule has 5 rings (SSSR count). The Morgan fingerprint density at radius 2 is 1.76 bits per heavy atom. The molecule has 178 valence electrons. The van der Waals surface area contributed by atoms with Gasteiger partial charge in [0.05, 0.1) is 30.2 Å². The Hall–Kier alpha value is -3.10. The van der Waals surface area contributed by atoms with Crippen LogP contribution in [0.2, 0.25) is 0 Å². The van der Waals surface area contributed by atoms with E-state index in [4.69, 9.17) is 20.2 Å². The number of amides is 1. The molecular formula is C26H30N4O4. The van der Waals surface area contributed by atoms with Gasteiger partial charge in [-0.15, -0.1) is 0 Å². The Kier molecular flexibility index (Phi) is 6.69. The first-order valence-electron chi connectivity index (χ1n) is 12.0. The lowest BCUT2D eigenvalue weighted by atomic mass is 9.82. The van der Waals surface area contributed by atoms with E-state index in [0.717, 1.165) is 60.6 Å². The molecule has 0 bridgehead atoms. The molecule has 1 amide bonds. The lowest BCUT2D eigenvalue weighted by Crippen LogP contribution is -2.26. The van der Waals surface area contributed by atoms with Gasteiger partial charge in [0.25, 0.3) is 0 Å². The predicted octanol–water partition coefficient (Wildman–Crippen LogP) is 3.29. The third kappa shape index (κ3) is 5.03. The number of benzene rings is 1. The van der Waals surface area contributed by atoms with Crippen molar-refractivity contribution in [2.24, 2.45) is 5.73 Å². The molecule has 0 spiro atoms. The molecule has 2 fully saturated rings. The van der Waals surface area contributed by atoms with Crippen LogP contribution in [0.25, 0.3) is 10.9 Å². The topological polar surface area (TPSA) is 120 Å². The molecule has 1 saturated carbocycles. The van der Waals surface area contributed by atoms with Crippen molar-refractivity contribution in [3.8, 4) is 5.88 Å². The van der Waals surface area contributed by atoms with Crippen LogP contribution < -0.4 is 10.5 Å². The van der Waals surface area contributed by atoms with Gasteiger partial charge in [0, 0.05) is 42.8 Å². The number of nitrogens with two attached hydrogens (primary N) is 1. The molecule has 3 N–H and O–H groups in total. The highest BCUT2D eigenvalue weighted by atomic mass is 16.5. The third-order valence-electron chi connectivity index (χ3n) is 6.85. The van der Waals surface area contributed by atoms with Crippen LogP contribution in [-0.4, -0.2) is 51.4 Å². The molecule has 8 nitrogen and oxygen atoms in total. The average Bonchev–Trinajstić information content (AvgIpc) is 2.86. The summed E-state index contributed by atoms with van der Waals surface area (Å²) in [6.07, 6.45) is 9.18. The number of aliphatic hydroxyl groups excluding tert-OH is 1. The summed E-state index contributed by atoms with van der Waals surface area (Å²) in [4.78, 5) is 25.6. The van der Waals surface area contributed by atoms with Crippen LogP contribution in [0, 0.1) is 0 Å². The number of nitrogens with zero attached hydrogens (tertiary/aromatic N) is 3. The van der Waals surface area contributed by atoms with Crippen LogP contribution in [0.4, 0.5) is 0 Å². The maximum Gasteiger partial charge on any atom is 0.248 e. The van der Waals surface area contributed by atoms with Crippen LogP contribution in [0.1, 0.15) is 71.8 Å². The minimum Gasteiger partial charge on any atom is -0.474 e. The highest BCUT2D eigenvalue weighted by Crippen LogP contribution is 2.37. The summed E-state index contributed by atoms with van der Waals surface area (Å²) < 4.78 is 11.7. The van der Waals surface area contributed by atoms with Crippen molar-refractivity contribution in [1.82, 2.24) is 15.0 Å². The fraction of sp³-hybridized carbons (Fsp3) is 0.462. The van der Waals surface area contributed by atoms with Crippen molar-refractivity contribution in [3.05, 3.63) is 59.2 Å². The van der Waals surface area contributed by atoms with E-state index in [1.54, 1.807) is 12.1 Å². The van der Waals surface area contributed by atoms with E-state index in [9.17, 15) is 9.90 Å². The standard InChI is InChI=1S/C26H30N4O4/c27-25(32)18-3-1-16(2-4-18)13-23-28-15-22-24(30-23)21(17-5-7-19(31)8-6-17)14-29-26(22)34-20-9-11-33-12-10-20/h1-4,14-15,17,19-20,31H,5-13H2,(H2,27,32). The van der Waals surface area contributed by atoms with Gasteiger partial charge >= 0.3 is 0 Å². The van der Waals surface area contributed by atoms with Gasteiger partial charge in [0.1, 0.15) is 11.9 Å². The average molecular weight is 463 g/mol. The predicted molar refractivity (Wildman–Crippen MR) is 127 cm³/mol. The minimum atomic E-state index is -0.444. The Morgan fingerprint density at radius 1 is 1.03 bits per heavy atom. The normalized spacial score (nSPS) is 21.4. The van der Waals surface area contributed by atoms with Crippen molar-refractivity contribution >= 4 is 16.8 Å².